The molecule has 0 aromatic carbocycles. The van der Waals surface area contributed by atoms with Gasteiger partial charge in [-0.1, -0.05) is 131 Å². The number of nitrogens with two attached hydrogens (primary N) is 3. The van der Waals surface area contributed by atoms with Crippen molar-refractivity contribution in [1.29, 1.82) is 0 Å². The van der Waals surface area contributed by atoms with Gasteiger partial charge in [0, 0.05) is 38.0 Å². The Hall–Kier alpha value is -3.07. The first kappa shape index (κ1) is 80.0. The lowest BCUT2D eigenvalue weighted by atomic mass is 9.47. The van der Waals surface area contributed by atoms with E-state index in [1.165, 1.54) is 101 Å². The van der Waals surface area contributed by atoms with E-state index in [2.05, 4.69) is 97.3 Å². The Bertz CT molecular complexity index is 2870. The minimum atomic E-state index is -1.88. The highest BCUT2D eigenvalue weighted by Gasteiger charge is 2.62. The number of rotatable bonds is 26. The number of hydrogen-bond donors (Lipinski definition) is 13. The molecule has 11 rings (SSSR count). The zero-order chi connectivity index (χ0) is 73.5. The van der Waals surface area contributed by atoms with Crippen molar-refractivity contribution in [1.82, 2.24) is 16.0 Å². The number of carbonyl (C=O) groups is 3. The molecule has 16 N–H and O–H groups in total. The molecule has 3 amide bonds. The van der Waals surface area contributed by atoms with Crippen LogP contribution in [0.4, 0.5) is 9.59 Å². The highest BCUT2D eigenvalue weighted by molar-refractivity contribution is 5.85. The maximum atomic E-state index is 14.5. The third-order valence-electron chi connectivity index (χ3n) is 29.6. The number of aliphatic hydroxyl groups excluding tert-OH is 7. The van der Waals surface area contributed by atoms with E-state index in [0.717, 1.165) is 80.0 Å². The number of unbranched alkanes of at least 4 members (excludes halogenated alkanes) is 1. The smallest absolute Gasteiger partial charge is 0.408 e. The van der Waals surface area contributed by atoms with Gasteiger partial charge in [0.05, 0.1) is 12.6 Å². The largest absolute Gasteiger partial charge is 0.446 e. The van der Waals surface area contributed by atoms with Crippen LogP contribution in [0.5, 0.6) is 0 Å². The van der Waals surface area contributed by atoms with Gasteiger partial charge in [0.1, 0.15) is 79.3 Å². The molecule has 102 heavy (non-hydrogen) atoms. The zero-order valence-electron chi connectivity index (χ0n) is 63.5. The molecule has 22 heteroatoms. The lowest BCUT2D eigenvalue weighted by Crippen LogP contribution is -2.68. The number of alkyl carbamates (subject to hydrolysis) is 2. The van der Waals surface area contributed by atoms with Gasteiger partial charge in [-0.2, -0.15) is 0 Å². The predicted molar refractivity (Wildman–Crippen MR) is 387 cm³/mol. The van der Waals surface area contributed by atoms with Gasteiger partial charge in [0.25, 0.3) is 0 Å². The molecule has 11 aliphatic rings. The summed E-state index contributed by atoms with van der Waals surface area (Å²) < 4.78 is 36.1. The number of hydrogen-bond acceptors (Lipinski definition) is 19. The lowest BCUT2D eigenvalue weighted by Gasteiger charge is -2.58. The van der Waals surface area contributed by atoms with Crippen molar-refractivity contribution in [3.8, 4) is 0 Å². The average Bonchev–Trinajstić information content (AvgIpc) is 1.39. The van der Waals surface area contributed by atoms with Crippen LogP contribution in [0.1, 0.15) is 236 Å². The topological polar surface area (TPSA) is 362 Å². The second-order valence-electron chi connectivity index (χ2n) is 36.5. The quantitative estimate of drug-likeness (QED) is 0.0284. The highest BCUT2D eigenvalue weighted by atomic mass is 16.7. The SMILES string of the molecule is CC(C)CCC[C@@H](C)[C@H]1CC[C@H]2[C@@H]3CC=C4C[C@@H](OC(=O)NCCCC[C@H](NC(=O)O[C@H]5CC[C@@]6(C)C(=CC[C@H]7[C@@H]8CC[C@H]([C@H](C)CCCC(C)C)[C@@]8(C)CC[C@@H]76)C5)C(=O)NC[C@H]5O[C@@H](O[C@@H]6[C@H](O)[C@@H](O[C@@H]7O[C@H](CO)[C@@H](O)[C@H](N)[C@H]7O)[C@H](N)C[C@@H]6N)[C@H](O)[C@@H](O)[C@@H]5O)CC[C@]4(C)[C@H]3CC[C@]12C. The summed E-state index contributed by atoms with van der Waals surface area (Å²) in [6, 6.07) is -4.37. The maximum absolute atomic E-state index is 14.5. The third kappa shape index (κ3) is 16.6. The van der Waals surface area contributed by atoms with E-state index in [1.807, 2.05) is 0 Å². The fourth-order valence-corrected chi connectivity index (χ4v) is 23.7. The van der Waals surface area contributed by atoms with Crippen molar-refractivity contribution in [2.24, 2.45) is 110 Å². The number of allylic oxidation sites excluding steroid dienone is 2. The summed E-state index contributed by atoms with van der Waals surface area (Å²) in [5.74, 6) is 8.02. The van der Waals surface area contributed by atoms with Crippen molar-refractivity contribution < 1.29 is 78.6 Å². The van der Waals surface area contributed by atoms with Gasteiger partial charge in [-0.05, 0) is 208 Å². The summed E-state index contributed by atoms with van der Waals surface area (Å²) in [6.07, 6.45) is 10.6. The van der Waals surface area contributed by atoms with Crippen molar-refractivity contribution in [3.05, 3.63) is 23.3 Å². The number of aliphatic hydroxyl groups is 7. The molecule has 2 saturated heterocycles. The molecule has 0 spiro atoms. The molecule has 0 unspecified atom stereocenters. The molecule has 0 aromatic rings. The van der Waals surface area contributed by atoms with E-state index in [9.17, 15) is 50.1 Å². The first-order valence-electron chi connectivity index (χ1n) is 40.6. The molecule has 7 saturated carbocycles. The Morgan fingerprint density at radius 1 is 0.539 bits per heavy atom. The van der Waals surface area contributed by atoms with E-state index in [-0.39, 0.29) is 36.3 Å². The summed E-state index contributed by atoms with van der Waals surface area (Å²) in [5, 5.41) is 85.2. The number of ether oxygens (including phenoxy) is 6. The van der Waals surface area contributed by atoms with E-state index in [4.69, 9.17) is 45.6 Å². The standard InChI is InChI=1S/C80H136N6O16/c1-42(2)15-13-17-44(5)52-24-26-54-50-22-20-46-37-48(28-32-77(46,7)56(50)30-34-79(52,54)9)97-75(95)84-36-12-11-19-60(86-76(96)98-49-29-33-78(8)47(38-49)21-23-51-55-27-25-53(45(6)18-14-16-43(3)4)80(55,10)35-31-57(51)78)72(94)85-40-61-65(89)67(91)68(92)74(99-61)102-71-59(82)39-58(81)70(69(71)93)101-73-66(90)63(83)64(88)62(41-87)100-73/h20-21,42-45,48-71,73-74,87-93H,11-19,22-41,81-83H2,1-10H3,(H,84,95)(H,85,94)(H,86,96)/t44-,45-,48+,49+,50+,51+,52-,53-,54+,55+,56+,57+,58-,59+,60+,61-,62-,63+,64-,65-,66-,67+,68-,69-,70+,71+,73+,74+,77+,78+,79-,80-/m1/s1. The van der Waals surface area contributed by atoms with Crippen LogP contribution in [0.25, 0.3) is 0 Å². The first-order valence-corrected chi connectivity index (χ1v) is 40.6. The third-order valence-corrected chi connectivity index (χ3v) is 29.6. The number of amides is 3. The number of fused-ring (bicyclic) bond motifs is 10. The monoisotopic (exact) mass is 1440 g/mol. The lowest BCUT2D eigenvalue weighted by molar-refractivity contribution is -0.332. The van der Waals surface area contributed by atoms with Gasteiger partial charge in [0.15, 0.2) is 12.6 Å². The summed E-state index contributed by atoms with van der Waals surface area (Å²) >= 11 is 0. The van der Waals surface area contributed by atoms with Crippen molar-refractivity contribution in [2.75, 3.05) is 19.7 Å². The Balaban J connectivity index is 0.700. The van der Waals surface area contributed by atoms with Gasteiger partial charge < -0.3 is 97.3 Å². The van der Waals surface area contributed by atoms with E-state index in [0.29, 0.717) is 66.1 Å². The van der Waals surface area contributed by atoms with Crippen LogP contribution in [-0.4, -0.2) is 184 Å². The van der Waals surface area contributed by atoms with E-state index < -0.39 is 135 Å². The Labute approximate surface area is 609 Å². The van der Waals surface area contributed by atoms with Crippen LogP contribution in [0.15, 0.2) is 23.3 Å². The van der Waals surface area contributed by atoms with E-state index in [1.54, 1.807) is 0 Å². The molecule has 0 aromatic heterocycles. The second-order valence-corrected chi connectivity index (χ2v) is 36.5. The van der Waals surface area contributed by atoms with Crippen LogP contribution in [0.3, 0.4) is 0 Å². The van der Waals surface area contributed by atoms with Crippen LogP contribution < -0.4 is 33.2 Å². The zero-order valence-corrected chi connectivity index (χ0v) is 63.5. The summed E-state index contributed by atoms with van der Waals surface area (Å²) in [6.45, 7) is 23.8. The van der Waals surface area contributed by atoms with Crippen LogP contribution in [0.2, 0.25) is 0 Å². The molecule has 0 radical (unpaired) electrons. The Morgan fingerprint density at radius 2 is 1.04 bits per heavy atom. The minimum Gasteiger partial charge on any atom is -0.446 e. The summed E-state index contributed by atoms with van der Waals surface area (Å²) in [7, 11) is 0. The van der Waals surface area contributed by atoms with Crippen LogP contribution >= 0.6 is 0 Å². The van der Waals surface area contributed by atoms with Crippen molar-refractivity contribution in [3.63, 3.8) is 0 Å². The van der Waals surface area contributed by atoms with Gasteiger partial charge >= 0.3 is 12.2 Å². The predicted octanol–water partition coefficient (Wildman–Crippen LogP) is 8.68. The van der Waals surface area contributed by atoms with E-state index >= 15 is 0 Å². The van der Waals surface area contributed by atoms with Gasteiger partial charge in [-0.3, -0.25) is 4.79 Å². The molecular weight excluding hydrogens is 1300 g/mol. The molecule has 582 valence electrons. The normalized spacial score (nSPS) is 44.8. The molecule has 22 nitrogen and oxygen atoms in total. The maximum Gasteiger partial charge on any atom is 0.408 e. The molecule has 2 aliphatic heterocycles. The second kappa shape index (κ2) is 33.4. The number of carbonyl (C=O) groups excluding carboxylic acids is 3. The van der Waals surface area contributed by atoms with Gasteiger partial charge in [0.2, 0.25) is 5.91 Å². The Kier molecular flexibility index (Phi) is 26.2. The number of nitrogens with one attached hydrogen (secondary N) is 3. The summed E-state index contributed by atoms with van der Waals surface area (Å²) in [5.41, 5.74) is 22.6. The molecule has 0 bridgehead atoms. The molecule has 9 fully saturated rings. The molecule has 32 atom stereocenters. The fraction of sp³-hybridized carbons (Fsp3) is 0.912. The average molecular weight is 1440 g/mol. The van der Waals surface area contributed by atoms with Gasteiger partial charge in [-0.25, -0.2) is 9.59 Å². The minimum absolute atomic E-state index is 0.0202. The fourth-order valence-electron chi connectivity index (χ4n) is 23.7. The molecule has 9 aliphatic carbocycles. The molecular formula is C80H136N6O16. The molecule has 2 heterocycles. The highest BCUT2D eigenvalue weighted by Crippen LogP contribution is 2.69. The summed E-state index contributed by atoms with van der Waals surface area (Å²) in [4.78, 5) is 42.3. The Morgan fingerprint density at radius 3 is 1.55 bits per heavy atom. The van der Waals surface area contributed by atoms with Crippen LogP contribution in [0, 0.1) is 92.7 Å². The van der Waals surface area contributed by atoms with Crippen molar-refractivity contribution in [2.45, 2.75) is 346 Å². The first-order chi connectivity index (χ1) is 48.4. The van der Waals surface area contributed by atoms with Crippen molar-refractivity contribution >= 4 is 18.1 Å². The van der Waals surface area contributed by atoms with Gasteiger partial charge in [-0.15, -0.1) is 0 Å². The van der Waals surface area contributed by atoms with Crippen LogP contribution in [-0.2, 0) is 33.2 Å².